The lowest BCUT2D eigenvalue weighted by Crippen LogP contribution is -1.95. The first-order valence-corrected chi connectivity index (χ1v) is 5.87. The lowest BCUT2D eigenvalue weighted by atomic mass is 10.5. The molecule has 7 heteroatoms. The van der Waals surface area contributed by atoms with Crippen LogP contribution >= 0.6 is 10.7 Å². The molecule has 0 aliphatic rings. The Bertz CT molecular complexity index is 376. The van der Waals surface area contributed by atoms with Crippen molar-refractivity contribution in [3.05, 3.63) is 12.5 Å². The molecule has 4 nitrogen and oxygen atoms in total. The van der Waals surface area contributed by atoms with Gasteiger partial charge in [-0.1, -0.05) is 0 Å². The van der Waals surface area contributed by atoms with Crippen molar-refractivity contribution in [3.63, 3.8) is 0 Å². The van der Waals surface area contributed by atoms with E-state index in [1.165, 1.54) is 17.1 Å². The Labute approximate surface area is 79.8 Å². The summed E-state index contributed by atoms with van der Waals surface area (Å²) in [4.78, 5) is 3.56. The SMILES string of the molecule is O=S(=O)(Cl)c1cn(CCCF)cn1. The van der Waals surface area contributed by atoms with Gasteiger partial charge in [-0.05, 0) is 6.42 Å². The van der Waals surface area contributed by atoms with Crippen LogP contribution in [0.3, 0.4) is 0 Å². The Kier molecular flexibility index (Phi) is 3.27. The van der Waals surface area contributed by atoms with Gasteiger partial charge in [-0.2, -0.15) is 0 Å². The molecule has 74 valence electrons. The average molecular weight is 227 g/mol. The molecule has 1 aromatic rings. The van der Waals surface area contributed by atoms with E-state index < -0.39 is 15.7 Å². The summed E-state index contributed by atoms with van der Waals surface area (Å²) in [5, 5.41) is -0.201. The zero-order valence-electron chi connectivity index (χ0n) is 6.65. The highest BCUT2D eigenvalue weighted by Gasteiger charge is 2.12. The second kappa shape index (κ2) is 4.06. The number of alkyl halides is 1. The molecule has 0 unspecified atom stereocenters. The first-order valence-electron chi connectivity index (χ1n) is 3.56. The number of hydrogen-bond donors (Lipinski definition) is 0. The molecule has 1 aromatic heterocycles. The molecule has 0 saturated carbocycles. The van der Waals surface area contributed by atoms with Gasteiger partial charge in [0.1, 0.15) is 0 Å². The minimum atomic E-state index is -3.76. The smallest absolute Gasteiger partial charge is 0.280 e. The number of hydrogen-bond acceptors (Lipinski definition) is 3. The molecular weight excluding hydrogens is 219 g/mol. The van der Waals surface area contributed by atoms with Crippen molar-refractivity contribution >= 4 is 19.7 Å². The molecule has 0 fully saturated rings. The van der Waals surface area contributed by atoms with Crippen LogP contribution in [0.25, 0.3) is 0 Å². The van der Waals surface area contributed by atoms with E-state index in [0.717, 1.165) is 0 Å². The van der Waals surface area contributed by atoms with E-state index in [4.69, 9.17) is 10.7 Å². The lowest BCUT2D eigenvalue weighted by Gasteiger charge is -1.95. The van der Waals surface area contributed by atoms with Gasteiger partial charge in [-0.25, -0.2) is 13.4 Å². The van der Waals surface area contributed by atoms with Crippen LogP contribution in [0, 0.1) is 0 Å². The summed E-state index contributed by atoms with van der Waals surface area (Å²) in [6.45, 7) is -0.0446. The highest BCUT2D eigenvalue weighted by atomic mass is 35.7. The minimum Gasteiger partial charge on any atom is -0.336 e. The number of aromatic nitrogens is 2. The third-order valence-corrected chi connectivity index (χ3v) is 2.59. The summed E-state index contributed by atoms with van der Waals surface area (Å²) in [6, 6.07) is 0. The highest BCUT2D eigenvalue weighted by molar-refractivity contribution is 8.13. The van der Waals surface area contributed by atoms with Crippen LogP contribution in [0.4, 0.5) is 4.39 Å². The van der Waals surface area contributed by atoms with Crippen molar-refractivity contribution in [1.29, 1.82) is 0 Å². The van der Waals surface area contributed by atoms with Gasteiger partial charge < -0.3 is 4.57 Å². The maximum atomic E-state index is 11.7. The Morgan fingerprint density at radius 3 is 2.77 bits per heavy atom. The minimum absolute atomic E-state index is 0.201. The monoisotopic (exact) mass is 226 g/mol. The van der Waals surface area contributed by atoms with Crippen molar-refractivity contribution < 1.29 is 12.8 Å². The van der Waals surface area contributed by atoms with E-state index in [1.807, 2.05) is 0 Å². The predicted molar refractivity (Wildman–Crippen MR) is 45.9 cm³/mol. The van der Waals surface area contributed by atoms with Crippen LogP contribution in [0.2, 0.25) is 0 Å². The summed E-state index contributed by atoms with van der Waals surface area (Å²) in [7, 11) is 1.27. The largest absolute Gasteiger partial charge is 0.336 e. The summed E-state index contributed by atoms with van der Waals surface area (Å²) in [5.41, 5.74) is 0. The van der Waals surface area contributed by atoms with E-state index in [0.29, 0.717) is 13.0 Å². The Morgan fingerprint density at radius 1 is 1.62 bits per heavy atom. The van der Waals surface area contributed by atoms with Gasteiger partial charge in [0.25, 0.3) is 9.05 Å². The lowest BCUT2D eigenvalue weighted by molar-refractivity contribution is 0.446. The number of imidazole rings is 1. The normalized spacial score (nSPS) is 11.8. The van der Waals surface area contributed by atoms with E-state index in [2.05, 4.69) is 4.98 Å². The van der Waals surface area contributed by atoms with E-state index >= 15 is 0 Å². The van der Waals surface area contributed by atoms with Crippen molar-refractivity contribution in [2.75, 3.05) is 6.67 Å². The van der Waals surface area contributed by atoms with Gasteiger partial charge in [0, 0.05) is 23.4 Å². The molecule has 0 amide bonds. The molecule has 1 rings (SSSR count). The molecule has 0 bridgehead atoms. The zero-order chi connectivity index (χ0) is 9.90. The van der Waals surface area contributed by atoms with Crippen LogP contribution in [-0.2, 0) is 15.6 Å². The quantitative estimate of drug-likeness (QED) is 0.725. The second-order valence-corrected chi connectivity index (χ2v) is 4.94. The average Bonchev–Trinajstić information content (AvgIpc) is 2.47. The van der Waals surface area contributed by atoms with Gasteiger partial charge in [-0.15, -0.1) is 0 Å². The maximum absolute atomic E-state index is 11.7. The molecule has 0 radical (unpaired) electrons. The van der Waals surface area contributed by atoms with Crippen molar-refractivity contribution in [2.45, 2.75) is 18.0 Å². The molecule has 0 aliphatic heterocycles. The van der Waals surface area contributed by atoms with Crippen LogP contribution in [0.1, 0.15) is 6.42 Å². The van der Waals surface area contributed by atoms with Gasteiger partial charge in [0.2, 0.25) is 0 Å². The molecule has 13 heavy (non-hydrogen) atoms. The fraction of sp³-hybridized carbons (Fsp3) is 0.500. The summed E-state index contributed by atoms with van der Waals surface area (Å²) >= 11 is 0. The Hall–Kier alpha value is -0.620. The third-order valence-electron chi connectivity index (χ3n) is 1.41. The molecule has 0 aliphatic carbocycles. The fourth-order valence-electron chi connectivity index (χ4n) is 0.830. The standard InChI is InChI=1S/C6H8ClFN2O2S/c7-13(11,12)6-4-10(5-9-6)3-1-2-8/h4-5H,1-3H2. The first-order chi connectivity index (χ1) is 6.04. The Morgan fingerprint density at radius 2 is 2.31 bits per heavy atom. The van der Waals surface area contributed by atoms with Crippen molar-refractivity contribution in [3.8, 4) is 0 Å². The molecule has 1 heterocycles. The molecule has 0 atom stereocenters. The van der Waals surface area contributed by atoms with Crippen molar-refractivity contribution in [1.82, 2.24) is 9.55 Å². The van der Waals surface area contributed by atoms with Crippen LogP contribution in [0.15, 0.2) is 17.6 Å². The molecule has 0 saturated heterocycles. The highest BCUT2D eigenvalue weighted by Crippen LogP contribution is 2.11. The molecular formula is C6H8ClFN2O2S. The summed E-state index contributed by atoms with van der Waals surface area (Å²) < 4.78 is 34.7. The van der Waals surface area contributed by atoms with Gasteiger partial charge in [0.05, 0.1) is 13.0 Å². The number of nitrogens with zero attached hydrogens (tertiary/aromatic N) is 2. The molecule has 0 spiro atoms. The zero-order valence-corrected chi connectivity index (χ0v) is 8.22. The van der Waals surface area contributed by atoms with Crippen molar-refractivity contribution in [2.24, 2.45) is 0 Å². The van der Waals surface area contributed by atoms with Gasteiger partial charge in [0.15, 0.2) is 5.03 Å². The van der Waals surface area contributed by atoms with Crippen LogP contribution in [-0.4, -0.2) is 24.6 Å². The second-order valence-electron chi connectivity index (χ2n) is 2.43. The summed E-state index contributed by atoms with van der Waals surface area (Å²) in [5.74, 6) is 0. The van der Waals surface area contributed by atoms with Gasteiger partial charge in [-0.3, -0.25) is 4.39 Å². The van der Waals surface area contributed by atoms with E-state index in [1.54, 1.807) is 0 Å². The maximum Gasteiger partial charge on any atom is 0.280 e. The molecule has 0 N–H and O–H groups in total. The number of rotatable bonds is 4. The van der Waals surface area contributed by atoms with E-state index in [9.17, 15) is 12.8 Å². The Balaban J connectivity index is 2.76. The van der Waals surface area contributed by atoms with Crippen LogP contribution < -0.4 is 0 Å². The fourth-order valence-corrected chi connectivity index (χ4v) is 1.50. The van der Waals surface area contributed by atoms with Gasteiger partial charge >= 0.3 is 0 Å². The topological polar surface area (TPSA) is 52.0 Å². The summed E-state index contributed by atoms with van der Waals surface area (Å²) in [6.07, 6.45) is 2.92. The number of halogens is 2. The number of aryl methyl sites for hydroxylation is 1. The third kappa shape index (κ3) is 2.96. The van der Waals surface area contributed by atoms with Crippen LogP contribution in [0.5, 0.6) is 0 Å². The first kappa shape index (κ1) is 10.5. The predicted octanol–water partition coefficient (Wildman–Crippen LogP) is 1.17. The van der Waals surface area contributed by atoms with E-state index in [-0.39, 0.29) is 5.03 Å². The molecule has 0 aromatic carbocycles.